The normalized spacial score (nSPS) is 26.2. The number of amides is 1. The average molecular weight is 497 g/mol. The summed E-state index contributed by atoms with van der Waals surface area (Å²) in [7, 11) is 3.37. The molecule has 7 nitrogen and oxygen atoms in total. The number of nitrogens with one attached hydrogen (secondary N) is 1. The third-order valence-corrected chi connectivity index (χ3v) is 8.71. The number of allylic oxidation sites excluding steroid dienone is 1. The van der Waals surface area contributed by atoms with Gasteiger partial charge in [0.05, 0.1) is 30.3 Å². The lowest BCUT2D eigenvalue weighted by atomic mass is 9.86. The molecule has 0 aromatic carbocycles. The van der Waals surface area contributed by atoms with E-state index in [-0.39, 0.29) is 30.2 Å². The number of methoxy groups -OCH3 is 2. The SMILES string of the molecule is CCC(C)C(C)C(CC(O)N1CCCC1C(OC)[C@@H](C)C(=O)NC(C)C(O)C1=CCCCC1)OC. The largest absolute Gasteiger partial charge is 0.387 e. The molecule has 1 saturated heterocycles. The van der Waals surface area contributed by atoms with Gasteiger partial charge in [-0.15, -0.1) is 0 Å². The van der Waals surface area contributed by atoms with Gasteiger partial charge in [-0.25, -0.2) is 0 Å². The predicted octanol–water partition coefficient (Wildman–Crippen LogP) is 3.87. The number of carbonyl (C=O) groups is 1. The molecule has 0 bridgehead atoms. The molecule has 2 aliphatic rings. The maximum Gasteiger partial charge on any atom is 0.225 e. The van der Waals surface area contributed by atoms with Gasteiger partial charge in [0.15, 0.2) is 0 Å². The zero-order valence-electron chi connectivity index (χ0n) is 23.2. The fourth-order valence-electron chi connectivity index (χ4n) is 5.88. The maximum atomic E-state index is 13.2. The molecule has 35 heavy (non-hydrogen) atoms. The molecule has 0 spiro atoms. The second kappa shape index (κ2) is 14.7. The van der Waals surface area contributed by atoms with E-state index in [1.165, 1.54) is 0 Å². The molecule has 2 rings (SSSR count). The molecule has 0 aromatic rings. The van der Waals surface area contributed by atoms with Crippen LogP contribution in [-0.2, 0) is 14.3 Å². The average Bonchev–Trinajstić information content (AvgIpc) is 3.36. The Kier molecular flexibility index (Phi) is 12.7. The van der Waals surface area contributed by atoms with Gasteiger partial charge in [-0.05, 0) is 62.9 Å². The standard InChI is InChI=1S/C28H52N2O5/c1-8-18(2)19(3)24(34-6)17-25(31)30-16-12-15-23(30)27(35-7)20(4)28(33)29-21(5)26(32)22-13-10-9-11-14-22/h13,18-21,23-27,31-32H,8-12,14-17H2,1-7H3,(H,29,33)/t18?,19?,20-,21?,23?,24?,25?,26?,27?/m1/s1. The van der Waals surface area contributed by atoms with Gasteiger partial charge < -0.3 is 25.0 Å². The Labute approximate surface area is 213 Å². The first-order valence-electron chi connectivity index (χ1n) is 13.8. The van der Waals surface area contributed by atoms with Crippen LogP contribution in [0.4, 0.5) is 0 Å². The van der Waals surface area contributed by atoms with Crippen molar-refractivity contribution in [2.75, 3.05) is 20.8 Å². The zero-order valence-corrected chi connectivity index (χ0v) is 23.2. The first-order chi connectivity index (χ1) is 16.7. The minimum atomic E-state index is -0.657. The van der Waals surface area contributed by atoms with Crippen LogP contribution in [0, 0.1) is 17.8 Å². The number of rotatable bonds is 14. The quantitative estimate of drug-likeness (QED) is 0.316. The van der Waals surface area contributed by atoms with Gasteiger partial charge in [0.2, 0.25) is 5.91 Å². The maximum absolute atomic E-state index is 13.2. The highest BCUT2D eigenvalue weighted by atomic mass is 16.5. The first kappa shape index (κ1) is 30.2. The van der Waals surface area contributed by atoms with Crippen LogP contribution >= 0.6 is 0 Å². The number of likely N-dealkylation sites (tertiary alicyclic amines) is 1. The van der Waals surface area contributed by atoms with Crippen LogP contribution in [0.5, 0.6) is 0 Å². The Hall–Kier alpha value is -0.990. The third kappa shape index (κ3) is 8.00. The number of aliphatic hydroxyl groups excluding tert-OH is 2. The van der Waals surface area contributed by atoms with Crippen molar-refractivity contribution >= 4 is 5.91 Å². The first-order valence-corrected chi connectivity index (χ1v) is 13.8. The van der Waals surface area contributed by atoms with E-state index in [4.69, 9.17) is 9.47 Å². The summed E-state index contributed by atoms with van der Waals surface area (Å²) < 4.78 is 11.7. The van der Waals surface area contributed by atoms with Crippen LogP contribution in [0.15, 0.2) is 11.6 Å². The molecule has 3 N–H and O–H groups in total. The number of carbonyl (C=O) groups excluding carboxylic acids is 1. The summed E-state index contributed by atoms with van der Waals surface area (Å²) >= 11 is 0. The monoisotopic (exact) mass is 496 g/mol. The van der Waals surface area contributed by atoms with Crippen molar-refractivity contribution in [2.45, 2.75) is 123 Å². The highest BCUT2D eigenvalue weighted by Crippen LogP contribution is 2.31. The molecule has 0 aromatic heterocycles. The smallest absolute Gasteiger partial charge is 0.225 e. The molecular formula is C28H52N2O5. The van der Waals surface area contributed by atoms with Crippen molar-refractivity contribution in [1.29, 1.82) is 0 Å². The lowest BCUT2D eigenvalue weighted by Crippen LogP contribution is -2.53. The van der Waals surface area contributed by atoms with Crippen LogP contribution in [0.2, 0.25) is 0 Å². The van der Waals surface area contributed by atoms with E-state index in [1.54, 1.807) is 14.2 Å². The van der Waals surface area contributed by atoms with Gasteiger partial charge in [0.1, 0.15) is 6.23 Å². The van der Waals surface area contributed by atoms with Crippen LogP contribution in [0.1, 0.15) is 86.0 Å². The van der Waals surface area contributed by atoms with Crippen molar-refractivity contribution in [3.63, 3.8) is 0 Å². The molecule has 0 saturated carbocycles. The van der Waals surface area contributed by atoms with E-state index in [0.717, 1.165) is 57.1 Å². The third-order valence-electron chi connectivity index (χ3n) is 8.71. The summed E-state index contributed by atoms with van der Waals surface area (Å²) in [4.78, 5) is 15.3. The molecule has 8 unspecified atom stereocenters. The topological polar surface area (TPSA) is 91.3 Å². The van der Waals surface area contributed by atoms with Crippen molar-refractivity contribution in [3.8, 4) is 0 Å². The molecule has 1 amide bonds. The molecule has 1 aliphatic carbocycles. The van der Waals surface area contributed by atoms with E-state index in [9.17, 15) is 15.0 Å². The summed E-state index contributed by atoms with van der Waals surface area (Å²) in [6.07, 6.45) is 8.01. The molecule has 7 heteroatoms. The fraction of sp³-hybridized carbons (Fsp3) is 0.893. The second-order valence-corrected chi connectivity index (χ2v) is 10.9. The molecule has 0 radical (unpaired) electrons. The van der Waals surface area contributed by atoms with Crippen LogP contribution in [0.25, 0.3) is 0 Å². The Bertz CT molecular complexity index is 672. The minimum Gasteiger partial charge on any atom is -0.387 e. The van der Waals surface area contributed by atoms with Crippen LogP contribution in [-0.4, -0.2) is 78.4 Å². The number of aliphatic hydroxyl groups is 2. The Morgan fingerprint density at radius 3 is 2.43 bits per heavy atom. The van der Waals surface area contributed by atoms with Gasteiger partial charge in [-0.3, -0.25) is 9.69 Å². The summed E-state index contributed by atoms with van der Waals surface area (Å²) in [5.74, 6) is 0.320. The summed E-state index contributed by atoms with van der Waals surface area (Å²) in [6, 6.07) is -0.407. The van der Waals surface area contributed by atoms with E-state index >= 15 is 0 Å². The van der Waals surface area contributed by atoms with E-state index in [2.05, 4.69) is 37.1 Å². The van der Waals surface area contributed by atoms with E-state index in [1.807, 2.05) is 13.8 Å². The lowest BCUT2D eigenvalue weighted by Gasteiger charge is -2.38. The number of hydrogen-bond donors (Lipinski definition) is 3. The minimum absolute atomic E-state index is 0.0284. The molecule has 204 valence electrons. The number of ether oxygens (including phenoxy) is 2. The van der Waals surface area contributed by atoms with Crippen LogP contribution < -0.4 is 5.32 Å². The van der Waals surface area contributed by atoms with Gasteiger partial charge >= 0.3 is 0 Å². The second-order valence-electron chi connectivity index (χ2n) is 10.9. The molecule has 9 atom stereocenters. The van der Waals surface area contributed by atoms with Crippen molar-refractivity contribution < 1.29 is 24.5 Å². The van der Waals surface area contributed by atoms with Crippen molar-refractivity contribution in [3.05, 3.63) is 11.6 Å². The predicted molar refractivity (Wildman–Crippen MR) is 140 cm³/mol. The fourth-order valence-corrected chi connectivity index (χ4v) is 5.88. The molecule has 1 aliphatic heterocycles. The number of nitrogens with zero attached hydrogens (tertiary/aromatic N) is 1. The van der Waals surface area contributed by atoms with E-state index < -0.39 is 18.2 Å². The van der Waals surface area contributed by atoms with Crippen LogP contribution in [0.3, 0.4) is 0 Å². The summed E-state index contributed by atoms with van der Waals surface area (Å²) in [6.45, 7) is 11.1. The zero-order chi connectivity index (χ0) is 26.1. The Morgan fingerprint density at radius 1 is 1.14 bits per heavy atom. The van der Waals surface area contributed by atoms with Gasteiger partial charge in [-0.1, -0.05) is 40.2 Å². The molecule has 1 fully saturated rings. The highest BCUT2D eigenvalue weighted by molar-refractivity contribution is 5.79. The van der Waals surface area contributed by atoms with Crippen molar-refractivity contribution in [1.82, 2.24) is 10.2 Å². The van der Waals surface area contributed by atoms with Gasteiger partial charge in [0.25, 0.3) is 0 Å². The molecule has 1 heterocycles. The summed E-state index contributed by atoms with van der Waals surface area (Å²) in [5, 5.41) is 25.0. The Balaban J connectivity index is 2.02. The molecular weight excluding hydrogens is 444 g/mol. The van der Waals surface area contributed by atoms with Crippen molar-refractivity contribution in [2.24, 2.45) is 17.8 Å². The van der Waals surface area contributed by atoms with E-state index in [0.29, 0.717) is 18.3 Å². The number of hydrogen-bond acceptors (Lipinski definition) is 6. The Morgan fingerprint density at radius 2 is 1.86 bits per heavy atom. The lowest BCUT2D eigenvalue weighted by molar-refractivity contribution is -0.135. The van der Waals surface area contributed by atoms with Gasteiger partial charge in [0, 0.05) is 33.2 Å². The van der Waals surface area contributed by atoms with Gasteiger partial charge in [-0.2, -0.15) is 0 Å². The highest BCUT2D eigenvalue weighted by Gasteiger charge is 2.41. The summed E-state index contributed by atoms with van der Waals surface area (Å²) in [5.41, 5.74) is 1.03.